The number of anilines is 1. The lowest BCUT2D eigenvalue weighted by Gasteiger charge is -2.04. The van der Waals surface area contributed by atoms with Crippen LogP contribution in [0.25, 0.3) is 11.1 Å². The molecule has 0 spiro atoms. The summed E-state index contributed by atoms with van der Waals surface area (Å²) in [5, 5.41) is 3.39. The summed E-state index contributed by atoms with van der Waals surface area (Å²) in [4.78, 5) is 4.56. The number of nitrogens with zero attached hydrogens (tertiary/aromatic N) is 1. The SMILES string of the molecule is Cc1cccc2oc(CCCNc3ccccc3)nc12. The molecule has 3 heteroatoms. The van der Waals surface area contributed by atoms with Gasteiger partial charge in [0.2, 0.25) is 0 Å². The Morgan fingerprint density at radius 3 is 2.70 bits per heavy atom. The van der Waals surface area contributed by atoms with E-state index in [1.807, 2.05) is 30.3 Å². The van der Waals surface area contributed by atoms with Gasteiger partial charge in [-0.25, -0.2) is 4.98 Å². The van der Waals surface area contributed by atoms with Crippen molar-refractivity contribution in [3.05, 3.63) is 60.0 Å². The molecule has 1 heterocycles. The first-order valence-corrected chi connectivity index (χ1v) is 6.97. The topological polar surface area (TPSA) is 38.1 Å². The summed E-state index contributed by atoms with van der Waals surface area (Å²) in [5.74, 6) is 0.823. The number of fused-ring (bicyclic) bond motifs is 1. The summed E-state index contributed by atoms with van der Waals surface area (Å²) in [5.41, 5.74) is 4.19. The Kier molecular flexibility index (Phi) is 3.68. The number of hydrogen-bond donors (Lipinski definition) is 1. The highest BCUT2D eigenvalue weighted by Gasteiger charge is 2.06. The maximum atomic E-state index is 5.76. The van der Waals surface area contributed by atoms with Crippen molar-refractivity contribution < 1.29 is 4.42 Å². The number of oxazole rings is 1. The summed E-state index contributed by atoms with van der Waals surface area (Å²) in [6.45, 7) is 2.98. The van der Waals surface area contributed by atoms with E-state index in [2.05, 4.69) is 35.4 Å². The molecule has 1 N–H and O–H groups in total. The number of aromatic nitrogens is 1. The van der Waals surface area contributed by atoms with Gasteiger partial charge in [-0.2, -0.15) is 0 Å². The Morgan fingerprint density at radius 1 is 1.05 bits per heavy atom. The smallest absolute Gasteiger partial charge is 0.195 e. The first kappa shape index (κ1) is 12.7. The molecule has 0 saturated carbocycles. The summed E-state index contributed by atoms with van der Waals surface area (Å²) in [6.07, 6.45) is 1.86. The van der Waals surface area contributed by atoms with E-state index >= 15 is 0 Å². The molecule has 0 amide bonds. The van der Waals surface area contributed by atoms with Crippen LogP contribution in [0, 0.1) is 6.92 Å². The van der Waals surface area contributed by atoms with Crippen molar-refractivity contribution in [3.8, 4) is 0 Å². The Morgan fingerprint density at radius 2 is 1.90 bits per heavy atom. The van der Waals surface area contributed by atoms with E-state index in [1.165, 1.54) is 5.56 Å². The van der Waals surface area contributed by atoms with Crippen LogP contribution in [-0.2, 0) is 6.42 Å². The molecule has 20 heavy (non-hydrogen) atoms. The molecule has 3 aromatic rings. The Hall–Kier alpha value is -2.29. The predicted molar refractivity (Wildman–Crippen MR) is 82.0 cm³/mol. The Labute approximate surface area is 118 Å². The van der Waals surface area contributed by atoms with E-state index in [4.69, 9.17) is 4.42 Å². The lowest BCUT2D eigenvalue weighted by atomic mass is 10.2. The van der Waals surface area contributed by atoms with Crippen LogP contribution in [0.1, 0.15) is 17.9 Å². The van der Waals surface area contributed by atoms with Gasteiger partial charge in [-0.1, -0.05) is 30.3 Å². The molecule has 0 unspecified atom stereocenters. The average Bonchev–Trinajstić information content (AvgIpc) is 2.89. The third-order valence-corrected chi connectivity index (χ3v) is 3.34. The number of benzene rings is 2. The monoisotopic (exact) mass is 266 g/mol. The van der Waals surface area contributed by atoms with Crippen LogP contribution in [0.2, 0.25) is 0 Å². The minimum Gasteiger partial charge on any atom is -0.441 e. The first-order valence-electron chi connectivity index (χ1n) is 6.97. The van der Waals surface area contributed by atoms with Gasteiger partial charge in [0, 0.05) is 18.7 Å². The standard InChI is InChI=1S/C17H18N2O/c1-13-7-5-10-15-17(13)19-16(20-15)11-6-12-18-14-8-3-2-4-9-14/h2-5,7-10,18H,6,11-12H2,1H3. The fraction of sp³-hybridized carbons (Fsp3) is 0.235. The summed E-state index contributed by atoms with van der Waals surface area (Å²) in [7, 11) is 0. The third kappa shape index (κ3) is 2.82. The highest BCUT2D eigenvalue weighted by Crippen LogP contribution is 2.19. The van der Waals surface area contributed by atoms with Crippen LogP contribution < -0.4 is 5.32 Å². The molecule has 3 rings (SSSR count). The Bertz CT molecular complexity index is 689. The van der Waals surface area contributed by atoms with Crippen molar-refractivity contribution in [1.82, 2.24) is 4.98 Å². The van der Waals surface area contributed by atoms with Gasteiger partial charge in [0.1, 0.15) is 5.52 Å². The van der Waals surface area contributed by atoms with Crippen molar-refractivity contribution in [2.75, 3.05) is 11.9 Å². The molecule has 0 aliphatic carbocycles. The summed E-state index contributed by atoms with van der Waals surface area (Å²) >= 11 is 0. The minimum atomic E-state index is 0.823. The lowest BCUT2D eigenvalue weighted by Crippen LogP contribution is -2.02. The van der Waals surface area contributed by atoms with Gasteiger partial charge in [0.25, 0.3) is 0 Å². The maximum Gasteiger partial charge on any atom is 0.195 e. The van der Waals surface area contributed by atoms with E-state index in [0.29, 0.717) is 0 Å². The molecule has 1 aromatic heterocycles. The minimum absolute atomic E-state index is 0.823. The van der Waals surface area contributed by atoms with Gasteiger partial charge in [-0.15, -0.1) is 0 Å². The molecule has 0 radical (unpaired) electrons. The molecule has 102 valence electrons. The zero-order chi connectivity index (χ0) is 13.8. The van der Waals surface area contributed by atoms with E-state index in [0.717, 1.165) is 42.1 Å². The molecule has 0 fully saturated rings. The van der Waals surface area contributed by atoms with Crippen molar-refractivity contribution in [2.24, 2.45) is 0 Å². The van der Waals surface area contributed by atoms with Crippen LogP contribution in [-0.4, -0.2) is 11.5 Å². The molecule has 3 nitrogen and oxygen atoms in total. The first-order chi connectivity index (χ1) is 9.83. The molecule has 0 saturated heterocycles. The third-order valence-electron chi connectivity index (χ3n) is 3.34. The van der Waals surface area contributed by atoms with Gasteiger partial charge in [0.05, 0.1) is 0 Å². The number of aryl methyl sites for hydroxylation is 2. The van der Waals surface area contributed by atoms with E-state index in [-0.39, 0.29) is 0 Å². The van der Waals surface area contributed by atoms with E-state index in [1.54, 1.807) is 0 Å². The van der Waals surface area contributed by atoms with Crippen molar-refractivity contribution in [2.45, 2.75) is 19.8 Å². The number of rotatable bonds is 5. The van der Waals surface area contributed by atoms with Crippen LogP contribution in [0.5, 0.6) is 0 Å². The highest BCUT2D eigenvalue weighted by molar-refractivity contribution is 5.76. The van der Waals surface area contributed by atoms with Crippen LogP contribution >= 0.6 is 0 Å². The predicted octanol–water partition coefficient (Wildman–Crippen LogP) is 4.18. The van der Waals surface area contributed by atoms with Crippen molar-refractivity contribution >= 4 is 16.8 Å². The summed E-state index contributed by atoms with van der Waals surface area (Å²) in [6, 6.07) is 16.3. The normalized spacial score (nSPS) is 10.8. The van der Waals surface area contributed by atoms with Gasteiger partial charge in [0.15, 0.2) is 11.5 Å². The molecule has 0 bridgehead atoms. The molecule has 0 aliphatic heterocycles. The quantitative estimate of drug-likeness (QED) is 0.704. The second kappa shape index (κ2) is 5.78. The van der Waals surface area contributed by atoms with E-state index < -0.39 is 0 Å². The molecular formula is C17H18N2O. The fourth-order valence-corrected chi connectivity index (χ4v) is 2.27. The number of hydrogen-bond acceptors (Lipinski definition) is 3. The van der Waals surface area contributed by atoms with Crippen LogP contribution in [0.3, 0.4) is 0 Å². The summed E-state index contributed by atoms with van der Waals surface area (Å²) < 4.78 is 5.76. The largest absolute Gasteiger partial charge is 0.441 e. The number of nitrogens with one attached hydrogen (secondary N) is 1. The molecule has 0 aliphatic rings. The van der Waals surface area contributed by atoms with Crippen molar-refractivity contribution in [1.29, 1.82) is 0 Å². The molecule has 0 atom stereocenters. The van der Waals surface area contributed by atoms with Gasteiger partial charge >= 0.3 is 0 Å². The molecular weight excluding hydrogens is 248 g/mol. The van der Waals surface area contributed by atoms with Gasteiger partial charge < -0.3 is 9.73 Å². The Balaban J connectivity index is 1.56. The second-order valence-corrected chi connectivity index (χ2v) is 4.93. The average molecular weight is 266 g/mol. The van der Waals surface area contributed by atoms with E-state index in [9.17, 15) is 0 Å². The van der Waals surface area contributed by atoms with Gasteiger partial charge in [-0.3, -0.25) is 0 Å². The zero-order valence-electron chi connectivity index (χ0n) is 11.6. The lowest BCUT2D eigenvalue weighted by molar-refractivity contribution is 0.523. The zero-order valence-corrected chi connectivity index (χ0v) is 11.6. The van der Waals surface area contributed by atoms with Crippen LogP contribution in [0.15, 0.2) is 52.9 Å². The van der Waals surface area contributed by atoms with Gasteiger partial charge in [-0.05, 0) is 37.1 Å². The highest BCUT2D eigenvalue weighted by atomic mass is 16.3. The van der Waals surface area contributed by atoms with Crippen LogP contribution in [0.4, 0.5) is 5.69 Å². The maximum absolute atomic E-state index is 5.76. The molecule has 2 aromatic carbocycles. The fourth-order valence-electron chi connectivity index (χ4n) is 2.27. The second-order valence-electron chi connectivity index (χ2n) is 4.93. The number of para-hydroxylation sites is 2. The van der Waals surface area contributed by atoms with Crippen molar-refractivity contribution in [3.63, 3.8) is 0 Å².